The van der Waals surface area contributed by atoms with Crippen LogP contribution in [0.4, 0.5) is 0 Å². The smallest absolute Gasteiger partial charge is 0.253 e. The van der Waals surface area contributed by atoms with E-state index in [1.54, 1.807) is 0 Å². The van der Waals surface area contributed by atoms with Gasteiger partial charge >= 0.3 is 0 Å². The van der Waals surface area contributed by atoms with Gasteiger partial charge in [0.15, 0.2) is 0 Å². The standard InChI is InChI=1S/C22H23N3O2/c1-15-10-12-25(13-11-15)22(26)18-8-6-17(7-9-18)20-23-24-21(27-20)19-5-3-4-16(2)14-19/h3-9,14-15H,10-13H2,1-2H3. The van der Waals surface area contributed by atoms with Crippen LogP contribution in [0.1, 0.15) is 35.7 Å². The molecule has 1 aliphatic rings. The van der Waals surface area contributed by atoms with E-state index < -0.39 is 0 Å². The molecule has 5 nitrogen and oxygen atoms in total. The summed E-state index contributed by atoms with van der Waals surface area (Å²) in [6.45, 7) is 5.95. The molecule has 27 heavy (non-hydrogen) atoms. The van der Waals surface area contributed by atoms with E-state index >= 15 is 0 Å². The Morgan fingerprint density at radius 1 is 1.00 bits per heavy atom. The Balaban J connectivity index is 1.50. The fraction of sp³-hybridized carbons (Fsp3) is 0.318. The molecule has 0 unspecified atom stereocenters. The van der Waals surface area contributed by atoms with Crippen molar-refractivity contribution in [3.63, 3.8) is 0 Å². The zero-order valence-electron chi connectivity index (χ0n) is 15.7. The molecule has 0 spiro atoms. The van der Waals surface area contributed by atoms with E-state index in [9.17, 15) is 4.79 Å². The second kappa shape index (κ2) is 7.35. The number of benzene rings is 2. The lowest BCUT2D eigenvalue weighted by molar-refractivity contribution is 0.0697. The van der Waals surface area contributed by atoms with Crippen LogP contribution < -0.4 is 0 Å². The van der Waals surface area contributed by atoms with Gasteiger partial charge in [0.05, 0.1) is 0 Å². The summed E-state index contributed by atoms with van der Waals surface area (Å²) in [6, 6.07) is 15.4. The second-order valence-corrected chi connectivity index (χ2v) is 7.33. The van der Waals surface area contributed by atoms with E-state index in [0.29, 0.717) is 23.3 Å². The second-order valence-electron chi connectivity index (χ2n) is 7.33. The van der Waals surface area contributed by atoms with Crippen molar-refractivity contribution in [3.05, 3.63) is 59.7 Å². The number of carbonyl (C=O) groups is 1. The summed E-state index contributed by atoms with van der Waals surface area (Å²) >= 11 is 0. The lowest BCUT2D eigenvalue weighted by Gasteiger charge is -2.30. The van der Waals surface area contributed by atoms with Gasteiger partial charge in [-0.05, 0) is 62.1 Å². The van der Waals surface area contributed by atoms with E-state index in [0.717, 1.165) is 42.6 Å². The van der Waals surface area contributed by atoms with Crippen LogP contribution in [-0.2, 0) is 0 Å². The first-order chi connectivity index (χ1) is 13.1. The summed E-state index contributed by atoms with van der Waals surface area (Å²) in [5.74, 6) is 1.75. The van der Waals surface area contributed by atoms with E-state index in [1.165, 1.54) is 0 Å². The molecule has 4 rings (SSSR count). The Kier molecular flexibility index (Phi) is 4.75. The van der Waals surface area contributed by atoms with Crippen LogP contribution in [0.3, 0.4) is 0 Å². The number of likely N-dealkylation sites (tertiary alicyclic amines) is 1. The molecule has 0 N–H and O–H groups in total. The van der Waals surface area contributed by atoms with E-state index in [1.807, 2.05) is 60.4 Å². The number of aromatic nitrogens is 2. The van der Waals surface area contributed by atoms with Gasteiger partial charge in [-0.3, -0.25) is 4.79 Å². The number of nitrogens with zero attached hydrogens (tertiary/aromatic N) is 3. The van der Waals surface area contributed by atoms with E-state index in [-0.39, 0.29) is 5.91 Å². The van der Waals surface area contributed by atoms with Crippen LogP contribution in [0.2, 0.25) is 0 Å². The molecule has 138 valence electrons. The number of aryl methyl sites for hydroxylation is 1. The highest BCUT2D eigenvalue weighted by Gasteiger charge is 2.21. The molecule has 1 aromatic heterocycles. The summed E-state index contributed by atoms with van der Waals surface area (Å²) < 4.78 is 5.82. The normalized spacial score (nSPS) is 15.1. The Morgan fingerprint density at radius 3 is 2.33 bits per heavy atom. The molecule has 1 aliphatic heterocycles. The molecule has 0 radical (unpaired) electrons. The van der Waals surface area contributed by atoms with Crippen molar-refractivity contribution in [2.45, 2.75) is 26.7 Å². The topological polar surface area (TPSA) is 59.2 Å². The Bertz CT molecular complexity index is 938. The molecule has 1 saturated heterocycles. The SMILES string of the molecule is Cc1cccc(-c2nnc(-c3ccc(C(=O)N4CCC(C)CC4)cc3)o2)c1. The van der Waals surface area contributed by atoms with Crippen molar-refractivity contribution >= 4 is 5.91 Å². The van der Waals surface area contributed by atoms with Gasteiger partial charge in [0, 0.05) is 29.8 Å². The Hall–Kier alpha value is -2.95. The van der Waals surface area contributed by atoms with E-state index in [2.05, 4.69) is 17.1 Å². The zero-order valence-corrected chi connectivity index (χ0v) is 15.7. The first kappa shape index (κ1) is 17.5. The van der Waals surface area contributed by atoms with Gasteiger partial charge in [-0.2, -0.15) is 0 Å². The van der Waals surface area contributed by atoms with Gasteiger partial charge in [-0.15, -0.1) is 10.2 Å². The van der Waals surface area contributed by atoms with Gasteiger partial charge in [0.25, 0.3) is 5.91 Å². The van der Waals surface area contributed by atoms with Gasteiger partial charge in [0.1, 0.15) is 0 Å². The van der Waals surface area contributed by atoms with Crippen LogP contribution in [0.5, 0.6) is 0 Å². The first-order valence-electron chi connectivity index (χ1n) is 9.40. The molecular formula is C22H23N3O2. The molecule has 2 aromatic carbocycles. The Labute approximate surface area is 159 Å². The maximum absolute atomic E-state index is 12.6. The van der Waals surface area contributed by atoms with Crippen LogP contribution in [0, 0.1) is 12.8 Å². The summed E-state index contributed by atoms with van der Waals surface area (Å²) in [5.41, 5.74) is 3.55. The average molecular weight is 361 g/mol. The predicted octanol–water partition coefficient (Wildman–Crippen LogP) is 4.58. The van der Waals surface area contributed by atoms with Gasteiger partial charge < -0.3 is 9.32 Å². The van der Waals surface area contributed by atoms with Crippen LogP contribution in [0.25, 0.3) is 22.9 Å². The molecule has 1 amide bonds. The van der Waals surface area contributed by atoms with Crippen molar-refractivity contribution in [1.29, 1.82) is 0 Å². The number of carbonyl (C=O) groups excluding carboxylic acids is 1. The Morgan fingerprint density at radius 2 is 1.67 bits per heavy atom. The minimum Gasteiger partial charge on any atom is -0.416 e. The number of piperidine rings is 1. The monoisotopic (exact) mass is 361 g/mol. The number of hydrogen-bond donors (Lipinski definition) is 0. The predicted molar refractivity (Wildman–Crippen MR) is 104 cm³/mol. The van der Waals surface area contributed by atoms with Crippen LogP contribution in [0.15, 0.2) is 52.9 Å². The molecular weight excluding hydrogens is 338 g/mol. The molecule has 5 heteroatoms. The summed E-state index contributed by atoms with van der Waals surface area (Å²) in [6.07, 6.45) is 2.15. The molecule has 0 atom stereocenters. The quantitative estimate of drug-likeness (QED) is 0.685. The van der Waals surface area contributed by atoms with Gasteiger partial charge in [-0.25, -0.2) is 0 Å². The lowest BCUT2D eigenvalue weighted by Crippen LogP contribution is -2.37. The van der Waals surface area contributed by atoms with E-state index in [4.69, 9.17) is 4.42 Å². The number of hydrogen-bond acceptors (Lipinski definition) is 4. The molecule has 0 saturated carbocycles. The van der Waals surface area contributed by atoms with Crippen LogP contribution >= 0.6 is 0 Å². The largest absolute Gasteiger partial charge is 0.416 e. The zero-order chi connectivity index (χ0) is 18.8. The van der Waals surface area contributed by atoms with Gasteiger partial charge in [0.2, 0.25) is 11.8 Å². The average Bonchev–Trinajstić information content (AvgIpc) is 3.18. The third kappa shape index (κ3) is 3.77. The maximum atomic E-state index is 12.6. The molecule has 1 fully saturated rings. The third-order valence-electron chi connectivity index (χ3n) is 5.14. The first-order valence-corrected chi connectivity index (χ1v) is 9.40. The highest BCUT2D eigenvalue weighted by atomic mass is 16.4. The fourth-order valence-electron chi connectivity index (χ4n) is 3.38. The number of rotatable bonds is 3. The maximum Gasteiger partial charge on any atom is 0.253 e. The van der Waals surface area contributed by atoms with Crippen molar-refractivity contribution in [1.82, 2.24) is 15.1 Å². The molecule has 3 aromatic rings. The highest BCUT2D eigenvalue weighted by molar-refractivity contribution is 5.94. The molecule has 2 heterocycles. The minimum absolute atomic E-state index is 0.0967. The summed E-state index contributed by atoms with van der Waals surface area (Å²) in [5, 5.41) is 8.30. The minimum atomic E-state index is 0.0967. The number of amides is 1. The lowest BCUT2D eigenvalue weighted by atomic mass is 9.98. The van der Waals surface area contributed by atoms with Crippen molar-refractivity contribution < 1.29 is 9.21 Å². The third-order valence-corrected chi connectivity index (χ3v) is 5.14. The molecule has 0 aliphatic carbocycles. The van der Waals surface area contributed by atoms with Gasteiger partial charge in [-0.1, -0.05) is 24.6 Å². The molecule has 0 bridgehead atoms. The summed E-state index contributed by atoms with van der Waals surface area (Å²) in [4.78, 5) is 14.6. The van der Waals surface area contributed by atoms with Crippen LogP contribution in [-0.4, -0.2) is 34.1 Å². The highest BCUT2D eigenvalue weighted by Crippen LogP contribution is 2.25. The van der Waals surface area contributed by atoms with Crippen molar-refractivity contribution in [2.24, 2.45) is 5.92 Å². The fourth-order valence-corrected chi connectivity index (χ4v) is 3.38. The van der Waals surface area contributed by atoms with Crippen molar-refractivity contribution in [2.75, 3.05) is 13.1 Å². The van der Waals surface area contributed by atoms with Crippen molar-refractivity contribution in [3.8, 4) is 22.9 Å². The summed E-state index contributed by atoms with van der Waals surface area (Å²) in [7, 11) is 0.